The number of ether oxygens (including phenoxy) is 1. The summed E-state index contributed by atoms with van der Waals surface area (Å²) in [7, 11) is 0. The van der Waals surface area contributed by atoms with Crippen molar-refractivity contribution in [3.05, 3.63) is 102 Å². The number of aromatic nitrogens is 2. The summed E-state index contributed by atoms with van der Waals surface area (Å²) in [5, 5.41) is 17.0. The lowest BCUT2D eigenvalue weighted by atomic mass is 9.84. The van der Waals surface area contributed by atoms with Gasteiger partial charge in [-0.05, 0) is 61.1 Å². The molecular formula is C32H35N3O3. The molecule has 5 rings (SSSR count). The molecule has 38 heavy (non-hydrogen) atoms. The number of benzene rings is 3. The summed E-state index contributed by atoms with van der Waals surface area (Å²) in [6, 6.07) is 25.9. The van der Waals surface area contributed by atoms with Crippen molar-refractivity contribution in [3.8, 4) is 16.9 Å². The Morgan fingerprint density at radius 2 is 1.71 bits per heavy atom. The number of para-hydroxylation sites is 1. The van der Waals surface area contributed by atoms with Crippen LogP contribution in [0.4, 0.5) is 5.69 Å². The summed E-state index contributed by atoms with van der Waals surface area (Å²) in [5.41, 5.74) is 6.66. The second-order valence-electron chi connectivity index (χ2n) is 10.0. The van der Waals surface area contributed by atoms with Crippen LogP contribution >= 0.6 is 0 Å². The van der Waals surface area contributed by atoms with Gasteiger partial charge in [0.15, 0.2) is 0 Å². The van der Waals surface area contributed by atoms with Gasteiger partial charge in [0.2, 0.25) is 0 Å². The van der Waals surface area contributed by atoms with Gasteiger partial charge >= 0.3 is 0 Å². The molecule has 3 aromatic carbocycles. The van der Waals surface area contributed by atoms with Gasteiger partial charge in [-0.25, -0.2) is 4.68 Å². The number of hydrogen-bond donors (Lipinski definition) is 2. The summed E-state index contributed by atoms with van der Waals surface area (Å²) in [5.74, 6) is 0.428. The number of hydrogen-bond acceptors (Lipinski definition) is 4. The molecule has 2 N–H and O–H groups in total. The molecule has 0 aliphatic heterocycles. The summed E-state index contributed by atoms with van der Waals surface area (Å²) in [4.78, 5) is 12.8. The Morgan fingerprint density at radius 1 is 1.00 bits per heavy atom. The fourth-order valence-electron chi connectivity index (χ4n) is 5.05. The Labute approximate surface area is 224 Å². The number of amides is 1. The Morgan fingerprint density at radius 3 is 2.39 bits per heavy atom. The fourth-order valence-corrected chi connectivity index (χ4v) is 5.05. The predicted molar refractivity (Wildman–Crippen MR) is 150 cm³/mol. The molecule has 6 nitrogen and oxygen atoms in total. The normalized spacial score (nSPS) is 14.8. The molecule has 1 heterocycles. The largest absolute Gasteiger partial charge is 0.392 e. The van der Waals surface area contributed by atoms with Gasteiger partial charge in [-0.15, -0.1) is 0 Å². The number of carbonyl (C=O) groups is 1. The Kier molecular flexibility index (Phi) is 8.31. The third-order valence-electron chi connectivity index (χ3n) is 7.33. The van der Waals surface area contributed by atoms with E-state index in [4.69, 9.17) is 9.84 Å². The second-order valence-corrected chi connectivity index (χ2v) is 10.0. The van der Waals surface area contributed by atoms with E-state index in [2.05, 4.69) is 29.6 Å². The Bertz CT molecular complexity index is 1320. The molecule has 1 saturated carbocycles. The van der Waals surface area contributed by atoms with Crippen LogP contribution in [0.3, 0.4) is 0 Å². The van der Waals surface area contributed by atoms with Gasteiger partial charge in [-0.1, -0.05) is 73.9 Å². The monoisotopic (exact) mass is 509 g/mol. The molecule has 1 aliphatic carbocycles. The number of carbonyl (C=O) groups excluding carboxylic acids is 1. The van der Waals surface area contributed by atoms with Crippen LogP contribution in [0.1, 0.15) is 61.6 Å². The van der Waals surface area contributed by atoms with Gasteiger partial charge in [-0.2, -0.15) is 5.10 Å². The lowest BCUT2D eigenvalue weighted by Crippen LogP contribution is -2.27. The highest BCUT2D eigenvalue weighted by Crippen LogP contribution is 2.34. The number of nitrogens with one attached hydrogen (secondary N) is 1. The number of nitrogens with zero attached hydrogens (tertiary/aromatic N) is 2. The predicted octanol–water partition coefficient (Wildman–Crippen LogP) is 6.62. The first-order valence-electron chi connectivity index (χ1n) is 13.5. The van der Waals surface area contributed by atoms with E-state index >= 15 is 0 Å². The van der Waals surface area contributed by atoms with Gasteiger partial charge in [0.25, 0.3) is 5.91 Å². The fraction of sp³-hybridized carbons (Fsp3) is 0.312. The van der Waals surface area contributed by atoms with E-state index in [0.29, 0.717) is 11.6 Å². The summed E-state index contributed by atoms with van der Waals surface area (Å²) < 4.78 is 7.90. The maximum Gasteiger partial charge on any atom is 0.253 e. The maximum absolute atomic E-state index is 12.8. The minimum absolute atomic E-state index is 0.0317. The van der Waals surface area contributed by atoms with Crippen molar-refractivity contribution in [1.29, 1.82) is 0 Å². The van der Waals surface area contributed by atoms with Crippen molar-refractivity contribution in [2.75, 3.05) is 5.32 Å². The van der Waals surface area contributed by atoms with Gasteiger partial charge in [-0.3, -0.25) is 4.79 Å². The van der Waals surface area contributed by atoms with Crippen molar-refractivity contribution in [1.82, 2.24) is 9.78 Å². The van der Waals surface area contributed by atoms with E-state index in [0.717, 1.165) is 28.1 Å². The van der Waals surface area contributed by atoms with Gasteiger partial charge < -0.3 is 15.2 Å². The lowest BCUT2D eigenvalue weighted by Gasteiger charge is -2.22. The van der Waals surface area contributed by atoms with E-state index in [1.807, 2.05) is 41.2 Å². The van der Waals surface area contributed by atoms with Gasteiger partial charge in [0, 0.05) is 23.0 Å². The SMILES string of the molecule is CC(OCc1cn(-c2ccccc2)nc1-c1ccc(C2CCCCC2)cc1)C(=O)Nc1ccc(CO)cc1. The van der Waals surface area contributed by atoms with E-state index in [-0.39, 0.29) is 19.1 Å². The standard InChI is InChI=1S/C32H35N3O3/c1-23(32(37)33-29-18-12-24(21-36)13-19-29)38-22-28-20-35(30-10-6-3-7-11-30)34-31(28)27-16-14-26(15-17-27)25-8-4-2-5-9-25/h3,6-7,10-20,23,25,36H,2,4-5,8-9,21-22H2,1H3,(H,33,37). The van der Waals surface area contributed by atoms with Crippen molar-refractivity contribution >= 4 is 11.6 Å². The average Bonchev–Trinajstić information content (AvgIpc) is 3.41. The molecule has 1 amide bonds. The first-order chi connectivity index (χ1) is 18.6. The van der Waals surface area contributed by atoms with E-state index in [9.17, 15) is 9.90 Å². The number of anilines is 1. The van der Waals surface area contributed by atoms with Crippen molar-refractivity contribution in [2.24, 2.45) is 0 Å². The van der Waals surface area contributed by atoms with Crippen LogP contribution in [0.5, 0.6) is 0 Å². The molecule has 1 atom stereocenters. The van der Waals surface area contributed by atoms with Crippen LogP contribution in [0.25, 0.3) is 16.9 Å². The molecule has 4 aromatic rings. The summed E-state index contributed by atoms with van der Waals surface area (Å²) in [6.07, 6.45) is 7.84. The van der Waals surface area contributed by atoms with Crippen LogP contribution in [-0.2, 0) is 22.7 Å². The van der Waals surface area contributed by atoms with Crippen molar-refractivity contribution in [3.63, 3.8) is 0 Å². The molecule has 0 radical (unpaired) electrons. The highest BCUT2D eigenvalue weighted by Gasteiger charge is 2.19. The highest BCUT2D eigenvalue weighted by atomic mass is 16.5. The number of aliphatic hydroxyl groups excluding tert-OH is 1. The van der Waals surface area contributed by atoms with Crippen molar-refractivity contribution < 1.29 is 14.6 Å². The van der Waals surface area contributed by atoms with Crippen LogP contribution in [0, 0.1) is 0 Å². The molecule has 0 spiro atoms. The third kappa shape index (κ3) is 6.21. The van der Waals surface area contributed by atoms with E-state index in [1.165, 1.54) is 37.7 Å². The Balaban J connectivity index is 1.32. The third-order valence-corrected chi connectivity index (χ3v) is 7.33. The zero-order valence-corrected chi connectivity index (χ0v) is 21.8. The molecule has 196 valence electrons. The minimum Gasteiger partial charge on any atom is -0.392 e. The van der Waals surface area contributed by atoms with Crippen LogP contribution in [0.15, 0.2) is 85.1 Å². The molecule has 1 aromatic heterocycles. The minimum atomic E-state index is -0.658. The highest BCUT2D eigenvalue weighted by molar-refractivity contribution is 5.93. The topological polar surface area (TPSA) is 76.4 Å². The zero-order chi connectivity index (χ0) is 26.3. The quantitative estimate of drug-likeness (QED) is 0.266. The molecule has 0 bridgehead atoms. The van der Waals surface area contributed by atoms with E-state index in [1.54, 1.807) is 31.2 Å². The average molecular weight is 510 g/mol. The maximum atomic E-state index is 12.8. The first-order valence-corrected chi connectivity index (χ1v) is 13.5. The van der Waals surface area contributed by atoms with E-state index < -0.39 is 6.10 Å². The van der Waals surface area contributed by atoms with Crippen LogP contribution in [0.2, 0.25) is 0 Å². The molecule has 1 aliphatic rings. The molecular weight excluding hydrogens is 474 g/mol. The molecule has 1 fully saturated rings. The molecule has 0 saturated heterocycles. The zero-order valence-electron chi connectivity index (χ0n) is 21.8. The number of rotatable bonds is 9. The van der Waals surface area contributed by atoms with Gasteiger partial charge in [0.1, 0.15) is 6.10 Å². The number of aliphatic hydroxyl groups is 1. The smallest absolute Gasteiger partial charge is 0.253 e. The van der Waals surface area contributed by atoms with Crippen LogP contribution < -0.4 is 5.32 Å². The van der Waals surface area contributed by atoms with Crippen LogP contribution in [-0.4, -0.2) is 26.9 Å². The first kappa shape index (κ1) is 25.9. The molecule has 6 heteroatoms. The Hall–Kier alpha value is -3.74. The lowest BCUT2D eigenvalue weighted by molar-refractivity contribution is -0.127. The van der Waals surface area contributed by atoms with Gasteiger partial charge in [0.05, 0.1) is 24.6 Å². The second kappa shape index (κ2) is 12.2. The summed E-state index contributed by atoms with van der Waals surface area (Å²) in [6.45, 7) is 1.97. The summed E-state index contributed by atoms with van der Waals surface area (Å²) >= 11 is 0. The molecule has 1 unspecified atom stereocenters. The van der Waals surface area contributed by atoms with Crippen molar-refractivity contribution in [2.45, 2.75) is 64.3 Å².